The Bertz CT molecular complexity index is 422. The van der Waals surface area contributed by atoms with E-state index in [9.17, 15) is 5.11 Å². The van der Waals surface area contributed by atoms with Crippen molar-refractivity contribution in [3.05, 3.63) is 24.2 Å². The molecule has 0 fully saturated rings. The molecular formula is C9H11N3O. The molecule has 2 aromatic heterocycles. The van der Waals surface area contributed by atoms with E-state index in [4.69, 9.17) is 0 Å². The minimum Gasteiger partial charge on any atom is -0.504 e. The molecule has 0 bridgehead atoms. The van der Waals surface area contributed by atoms with Crippen LogP contribution in [0.5, 0.6) is 5.75 Å². The quantitative estimate of drug-likeness (QED) is 0.754. The smallest absolute Gasteiger partial charge is 0.203 e. The Labute approximate surface area is 75.8 Å². The molecule has 0 amide bonds. The van der Waals surface area contributed by atoms with Crippen molar-refractivity contribution in [3.8, 4) is 5.75 Å². The van der Waals surface area contributed by atoms with Crippen molar-refractivity contribution < 1.29 is 5.11 Å². The summed E-state index contributed by atoms with van der Waals surface area (Å²) >= 11 is 0. The number of fused-ring (bicyclic) bond motifs is 1. The highest BCUT2D eigenvalue weighted by molar-refractivity contribution is 5.51. The van der Waals surface area contributed by atoms with E-state index in [-0.39, 0.29) is 5.75 Å². The fraction of sp³-hybridized carbons (Fsp3) is 0.333. The van der Waals surface area contributed by atoms with Crippen LogP contribution in [0.1, 0.15) is 19.2 Å². The van der Waals surface area contributed by atoms with Gasteiger partial charge in [-0.25, -0.2) is 0 Å². The van der Waals surface area contributed by atoms with Crippen molar-refractivity contribution in [1.82, 2.24) is 14.6 Å². The third-order valence-corrected chi connectivity index (χ3v) is 1.96. The van der Waals surface area contributed by atoms with Crippen molar-refractivity contribution in [2.45, 2.75) is 19.8 Å². The number of pyridine rings is 1. The summed E-state index contributed by atoms with van der Waals surface area (Å²) < 4.78 is 1.82. The standard InChI is InChI=1S/C9H11N3O/c1-2-4-8-10-11-9-7(13)5-3-6-12(8)9/h3,5-6,13H,2,4H2,1H3. The zero-order valence-electron chi connectivity index (χ0n) is 7.44. The second kappa shape index (κ2) is 3.05. The Morgan fingerprint density at radius 2 is 2.31 bits per heavy atom. The van der Waals surface area contributed by atoms with Gasteiger partial charge in [-0.1, -0.05) is 6.92 Å². The maximum atomic E-state index is 9.43. The molecule has 13 heavy (non-hydrogen) atoms. The number of nitrogens with zero attached hydrogens (tertiary/aromatic N) is 3. The van der Waals surface area contributed by atoms with Gasteiger partial charge in [-0.2, -0.15) is 0 Å². The lowest BCUT2D eigenvalue weighted by molar-refractivity contribution is 0.477. The first kappa shape index (κ1) is 8.04. The highest BCUT2D eigenvalue weighted by Crippen LogP contribution is 2.16. The molecule has 2 aromatic rings. The van der Waals surface area contributed by atoms with Crippen LogP contribution >= 0.6 is 0 Å². The number of hydrogen-bond acceptors (Lipinski definition) is 3. The highest BCUT2D eigenvalue weighted by atomic mass is 16.3. The lowest BCUT2D eigenvalue weighted by Gasteiger charge is -1.97. The van der Waals surface area contributed by atoms with Crippen LogP contribution in [-0.4, -0.2) is 19.7 Å². The summed E-state index contributed by atoms with van der Waals surface area (Å²) in [5.41, 5.74) is 0.533. The van der Waals surface area contributed by atoms with E-state index >= 15 is 0 Å². The fourth-order valence-corrected chi connectivity index (χ4v) is 1.34. The Balaban J connectivity index is 2.61. The summed E-state index contributed by atoms with van der Waals surface area (Å²) in [5, 5.41) is 17.3. The molecule has 0 radical (unpaired) electrons. The van der Waals surface area contributed by atoms with Gasteiger partial charge in [0.05, 0.1) is 0 Å². The van der Waals surface area contributed by atoms with Gasteiger partial charge in [0.1, 0.15) is 5.82 Å². The number of rotatable bonds is 2. The van der Waals surface area contributed by atoms with Gasteiger partial charge >= 0.3 is 0 Å². The van der Waals surface area contributed by atoms with E-state index in [0.29, 0.717) is 5.65 Å². The van der Waals surface area contributed by atoms with Crippen molar-refractivity contribution in [1.29, 1.82) is 0 Å². The van der Waals surface area contributed by atoms with Gasteiger partial charge in [-0.15, -0.1) is 10.2 Å². The molecule has 2 rings (SSSR count). The van der Waals surface area contributed by atoms with Crippen LogP contribution in [0.15, 0.2) is 18.3 Å². The molecule has 0 spiro atoms. The molecule has 0 atom stereocenters. The van der Waals surface area contributed by atoms with Crippen LogP contribution in [0.4, 0.5) is 0 Å². The predicted octanol–water partition coefficient (Wildman–Crippen LogP) is 1.39. The lowest BCUT2D eigenvalue weighted by Crippen LogP contribution is -1.92. The average Bonchev–Trinajstić information content (AvgIpc) is 2.51. The Kier molecular flexibility index (Phi) is 1.88. The van der Waals surface area contributed by atoms with Crippen LogP contribution < -0.4 is 0 Å². The summed E-state index contributed by atoms with van der Waals surface area (Å²) in [6.45, 7) is 2.09. The summed E-state index contributed by atoms with van der Waals surface area (Å²) in [5.74, 6) is 1.07. The molecule has 0 aliphatic rings. The molecule has 0 aromatic carbocycles. The van der Waals surface area contributed by atoms with Gasteiger partial charge in [0.25, 0.3) is 0 Å². The van der Waals surface area contributed by atoms with E-state index in [1.807, 2.05) is 10.6 Å². The maximum Gasteiger partial charge on any atom is 0.203 e. The van der Waals surface area contributed by atoms with Gasteiger partial charge in [-0.3, -0.25) is 4.40 Å². The van der Waals surface area contributed by atoms with Crippen LogP contribution in [0.2, 0.25) is 0 Å². The first-order chi connectivity index (χ1) is 6.33. The van der Waals surface area contributed by atoms with Gasteiger partial charge in [0.2, 0.25) is 5.65 Å². The largest absolute Gasteiger partial charge is 0.504 e. The Morgan fingerprint density at radius 1 is 1.46 bits per heavy atom. The zero-order valence-corrected chi connectivity index (χ0v) is 7.44. The van der Waals surface area contributed by atoms with Gasteiger partial charge < -0.3 is 5.11 Å². The summed E-state index contributed by atoms with van der Waals surface area (Å²) in [4.78, 5) is 0. The molecule has 1 N–H and O–H groups in total. The monoisotopic (exact) mass is 177 g/mol. The zero-order chi connectivity index (χ0) is 9.26. The third-order valence-electron chi connectivity index (χ3n) is 1.96. The molecule has 0 unspecified atom stereocenters. The van der Waals surface area contributed by atoms with Gasteiger partial charge in [0, 0.05) is 12.6 Å². The van der Waals surface area contributed by atoms with Crippen LogP contribution in [0, 0.1) is 0 Å². The van der Waals surface area contributed by atoms with Gasteiger partial charge in [-0.05, 0) is 18.6 Å². The van der Waals surface area contributed by atoms with E-state index < -0.39 is 0 Å². The number of aromatic hydroxyl groups is 1. The van der Waals surface area contributed by atoms with Crippen molar-refractivity contribution in [2.24, 2.45) is 0 Å². The fourth-order valence-electron chi connectivity index (χ4n) is 1.34. The molecule has 0 saturated heterocycles. The SMILES string of the molecule is CCCc1nnc2c(O)cccn12. The highest BCUT2D eigenvalue weighted by Gasteiger charge is 2.06. The Hall–Kier alpha value is -1.58. The number of aromatic nitrogens is 3. The molecule has 0 aliphatic carbocycles. The lowest BCUT2D eigenvalue weighted by atomic mass is 10.3. The van der Waals surface area contributed by atoms with E-state index in [1.54, 1.807) is 12.1 Å². The molecule has 2 heterocycles. The first-order valence-corrected chi connectivity index (χ1v) is 4.34. The van der Waals surface area contributed by atoms with Crippen molar-refractivity contribution in [2.75, 3.05) is 0 Å². The van der Waals surface area contributed by atoms with Crippen LogP contribution in [-0.2, 0) is 6.42 Å². The average molecular weight is 177 g/mol. The second-order valence-electron chi connectivity index (χ2n) is 2.95. The van der Waals surface area contributed by atoms with Gasteiger partial charge in [0.15, 0.2) is 5.75 Å². The first-order valence-electron chi connectivity index (χ1n) is 4.34. The van der Waals surface area contributed by atoms with E-state index in [2.05, 4.69) is 17.1 Å². The molecule has 0 saturated carbocycles. The number of aryl methyl sites for hydroxylation is 1. The molecular weight excluding hydrogens is 166 g/mol. The Morgan fingerprint density at radius 3 is 3.08 bits per heavy atom. The second-order valence-corrected chi connectivity index (χ2v) is 2.95. The number of hydrogen-bond donors (Lipinski definition) is 1. The minimum atomic E-state index is 0.178. The predicted molar refractivity (Wildman–Crippen MR) is 48.6 cm³/mol. The molecule has 4 nitrogen and oxygen atoms in total. The topological polar surface area (TPSA) is 50.4 Å². The normalized spacial score (nSPS) is 10.8. The third kappa shape index (κ3) is 1.24. The minimum absolute atomic E-state index is 0.178. The van der Waals surface area contributed by atoms with E-state index in [1.165, 1.54) is 0 Å². The molecule has 68 valence electrons. The van der Waals surface area contributed by atoms with Crippen molar-refractivity contribution in [3.63, 3.8) is 0 Å². The maximum absolute atomic E-state index is 9.43. The summed E-state index contributed by atoms with van der Waals surface area (Å²) in [6.07, 6.45) is 3.76. The van der Waals surface area contributed by atoms with Crippen molar-refractivity contribution >= 4 is 5.65 Å². The molecule has 4 heteroatoms. The van der Waals surface area contributed by atoms with E-state index in [0.717, 1.165) is 18.7 Å². The summed E-state index contributed by atoms with van der Waals surface area (Å²) in [6, 6.07) is 3.39. The van der Waals surface area contributed by atoms with Crippen LogP contribution in [0.3, 0.4) is 0 Å². The summed E-state index contributed by atoms with van der Waals surface area (Å²) in [7, 11) is 0. The van der Waals surface area contributed by atoms with Crippen LogP contribution in [0.25, 0.3) is 5.65 Å². The molecule has 0 aliphatic heterocycles.